The molecule has 2 aromatic heterocycles. The van der Waals surface area contributed by atoms with E-state index in [1.165, 1.54) is 6.07 Å². The van der Waals surface area contributed by atoms with Crippen molar-refractivity contribution in [1.82, 2.24) is 19.1 Å². The van der Waals surface area contributed by atoms with Gasteiger partial charge in [-0.2, -0.15) is 0 Å². The van der Waals surface area contributed by atoms with Crippen molar-refractivity contribution in [3.05, 3.63) is 45.0 Å². The Morgan fingerprint density at radius 2 is 2.21 bits per heavy atom. The highest BCUT2D eigenvalue weighted by Crippen LogP contribution is 2.20. The third-order valence-corrected chi connectivity index (χ3v) is 4.11. The Morgan fingerprint density at radius 1 is 1.37 bits per heavy atom. The Labute approximate surface area is 127 Å². The van der Waals surface area contributed by atoms with E-state index in [1.54, 1.807) is 18.6 Å². The molecule has 98 valence electrons. The summed E-state index contributed by atoms with van der Waals surface area (Å²) in [6, 6.07) is 3.30. The van der Waals surface area contributed by atoms with E-state index in [9.17, 15) is 4.39 Å². The molecule has 7 heteroatoms. The molecule has 0 unspecified atom stereocenters. The van der Waals surface area contributed by atoms with Crippen molar-refractivity contribution in [2.24, 2.45) is 0 Å². The number of aromatic nitrogens is 4. The van der Waals surface area contributed by atoms with E-state index >= 15 is 0 Å². The number of nitrogens with one attached hydrogen (secondary N) is 1. The maximum absolute atomic E-state index is 13.7. The Kier molecular flexibility index (Phi) is 3.40. The molecule has 0 saturated heterocycles. The summed E-state index contributed by atoms with van der Waals surface area (Å²) < 4.78 is 18.7. The van der Waals surface area contributed by atoms with Gasteiger partial charge < -0.3 is 14.1 Å². The first-order valence-electron chi connectivity index (χ1n) is 5.68. The number of imidazole rings is 2. The average molecular weight is 388 g/mol. The van der Waals surface area contributed by atoms with Gasteiger partial charge in [-0.25, -0.2) is 9.37 Å². The lowest BCUT2D eigenvalue weighted by Crippen LogP contribution is -2.06. The second kappa shape index (κ2) is 5.04. The fraction of sp³-hybridized carbons (Fsp3) is 0.167. The molecule has 0 radical (unpaired) electrons. The second-order valence-electron chi connectivity index (χ2n) is 4.17. The highest BCUT2D eigenvalue weighted by Gasteiger charge is 2.08. The first-order valence-corrected chi connectivity index (χ1v) is 7.17. The maximum Gasteiger partial charge on any atom is 0.178 e. The van der Waals surface area contributed by atoms with E-state index in [2.05, 4.69) is 9.97 Å². The van der Waals surface area contributed by atoms with Crippen LogP contribution >= 0.6 is 34.8 Å². The molecular weight excluding hydrogens is 378 g/mol. The van der Waals surface area contributed by atoms with Crippen molar-refractivity contribution >= 4 is 45.8 Å². The number of hydrogen-bond donors (Lipinski definition) is 1. The monoisotopic (exact) mass is 388 g/mol. The number of hydrogen-bond acceptors (Lipinski definition) is 2. The number of aromatic amines is 1. The number of halogens is 2. The van der Waals surface area contributed by atoms with E-state index in [4.69, 9.17) is 12.2 Å². The molecule has 0 spiro atoms. The van der Waals surface area contributed by atoms with Crippen molar-refractivity contribution in [2.45, 2.75) is 13.1 Å². The lowest BCUT2D eigenvalue weighted by Gasteiger charge is -2.05. The van der Waals surface area contributed by atoms with Crippen LogP contribution in [-0.4, -0.2) is 19.1 Å². The molecular formula is C12H10FIN4S. The number of nitrogens with zero attached hydrogens (tertiary/aromatic N) is 3. The lowest BCUT2D eigenvalue weighted by molar-refractivity contribution is 0.581. The minimum atomic E-state index is -0.224. The predicted molar refractivity (Wildman–Crippen MR) is 82.0 cm³/mol. The summed E-state index contributed by atoms with van der Waals surface area (Å²) in [5.74, 6) is -0.224. The minimum absolute atomic E-state index is 0.224. The highest BCUT2D eigenvalue weighted by atomic mass is 127. The lowest BCUT2D eigenvalue weighted by atomic mass is 10.3. The quantitative estimate of drug-likeness (QED) is 0.552. The molecule has 0 saturated carbocycles. The topological polar surface area (TPSA) is 38.5 Å². The summed E-state index contributed by atoms with van der Waals surface area (Å²) >= 11 is 7.26. The number of H-pyrrole nitrogens is 1. The summed E-state index contributed by atoms with van der Waals surface area (Å²) in [7, 11) is 0. The molecule has 0 atom stereocenters. The van der Waals surface area contributed by atoms with Crippen LogP contribution in [0.25, 0.3) is 11.0 Å². The van der Waals surface area contributed by atoms with Gasteiger partial charge in [-0.05, 0) is 40.9 Å². The molecule has 0 aliphatic heterocycles. The maximum atomic E-state index is 13.7. The molecule has 0 bridgehead atoms. The standard InChI is InChI=1S/C12H10FIN4S/c13-8-5-11-10(6-9(8)14)16-12(19)18(11)4-3-17-2-1-15-7-17/h1-2,5-7H,3-4H2,(H,16,19). The molecule has 0 aliphatic rings. The molecule has 4 nitrogen and oxygen atoms in total. The van der Waals surface area contributed by atoms with Crippen LogP contribution < -0.4 is 0 Å². The van der Waals surface area contributed by atoms with Gasteiger partial charge in [-0.15, -0.1) is 0 Å². The van der Waals surface area contributed by atoms with Crippen LogP contribution in [0.1, 0.15) is 0 Å². The summed E-state index contributed by atoms with van der Waals surface area (Å²) in [4.78, 5) is 7.10. The van der Waals surface area contributed by atoms with E-state index < -0.39 is 0 Å². The van der Waals surface area contributed by atoms with Crippen LogP contribution in [-0.2, 0) is 13.1 Å². The Hall–Kier alpha value is -1.22. The van der Waals surface area contributed by atoms with Crippen LogP contribution in [0.5, 0.6) is 0 Å². The summed E-state index contributed by atoms with van der Waals surface area (Å²) in [6.45, 7) is 1.42. The van der Waals surface area contributed by atoms with Crippen molar-refractivity contribution in [3.63, 3.8) is 0 Å². The van der Waals surface area contributed by atoms with E-state index in [0.29, 0.717) is 14.9 Å². The molecule has 1 aromatic carbocycles. The second-order valence-corrected chi connectivity index (χ2v) is 5.71. The Bertz CT molecular complexity index is 775. The zero-order valence-corrected chi connectivity index (χ0v) is 12.8. The van der Waals surface area contributed by atoms with Gasteiger partial charge in [0.15, 0.2) is 4.77 Å². The van der Waals surface area contributed by atoms with E-state index in [-0.39, 0.29) is 5.82 Å². The van der Waals surface area contributed by atoms with Gasteiger partial charge in [-0.3, -0.25) is 0 Å². The van der Waals surface area contributed by atoms with Crippen LogP contribution in [0, 0.1) is 14.2 Å². The zero-order valence-electron chi connectivity index (χ0n) is 9.81. The third kappa shape index (κ3) is 2.44. The molecule has 0 fully saturated rings. The van der Waals surface area contributed by atoms with Gasteiger partial charge in [0.05, 0.1) is 20.9 Å². The first-order chi connectivity index (χ1) is 9.15. The summed E-state index contributed by atoms with van der Waals surface area (Å²) in [5.41, 5.74) is 1.66. The molecule has 0 aliphatic carbocycles. The highest BCUT2D eigenvalue weighted by molar-refractivity contribution is 14.1. The molecule has 3 aromatic rings. The largest absolute Gasteiger partial charge is 0.336 e. The molecule has 1 N–H and O–H groups in total. The van der Waals surface area contributed by atoms with Gasteiger partial charge in [0.2, 0.25) is 0 Å². The van der Waals surface area contributed by atoms with E-state index in [1.807, 2.05) is 37.9 Å². The predicted octanol–water partition coefficient (Wildman–Crippen LogP) is 3.34. The smallest absolute Gasteiger partial charge is 0.178 e. The third-order valence-electron chi connectivity index (χ3n) is 2.96. The molecule has 2 heterocycles. The molecule has 0 amide bonds. The summed E-state index contributed by atoms with van der Waals surface area (Å²) in [6.07, 6.45) is 5.38. The minimum Gasteiger partial charge on any atom is -0.336 e. The van der Waals surface area contributed by atoms with Crippen molar-refractivity contribution < 1.29 is 4.39 Å². The Balaban J connectivity index is 2.00. The van der Waals surface area contributed by atoms with Gasteiger partial charge in [-0.1, -0.05) is 0 Å². The fourth-order valence-electron chi connectivity index (χ4n) is 2.01. The average Bonchev–Trinajstić information content (AvgIpc) is 2.96. The van der Waals surface area contributed by atoms with Crippen molar-refractivity contribution in [3.8, 4) is 0 Å². The number of fused-ring (bicyclic) bond motifs is 1. The fourth-order valence-corrected chi connectivity index (χ4v) is 2.78. The van der Waals surface area contributed by atoms with E-state index in [0.717, 1.165) is 17.6 Å². The van der Waals surface area contributed by atoms with Crippen molar-refractivity contribution in [2.75, 3.05) is 0 Å². The van der Waals surface area contributed by atoms with Crippen LogP contribution in [0.2, 0.25) is 0 Å². The Morgan fingerprint density at radius 3 is 2.95 bits per heavy atom. The number of aryl methyl sites for hydroxylation is 2. The van der Waals surface area contributed by atoms with Gasteiger partial charge >= 0.3 is 0 Å². The summed E-state index contributed by atoms with van der Waals surface area (Å²) in [5, 5.41) is 0. The first kappa shape index (κ1) is 12.8. The van der Waals surface area contributed by atoms with Gasteiger partial charge in [0, 0.05) is 31.5 Å². The SMILES string of the molecule is Fc1cc2c(cc1I)[nH]c(=S)n2CCn1ccnc1. The van der Waals surface area contributed by atoms with Crippen LogP contribution in [0.3, 0.4) is 0 Å². The van der Waals surface area contributed by atoms with Gasteiger partial charge in [0.1, 0.15) is 5.82 Å². The molecule has 3 rings (SSSR count). The van der Waals surface area contributed by atoms with Gasteiger partial charge in [0.25, 0.3) is 0 Å². The normalized spacial score (nSPS) is 11.3. The number of rotatable bonds is 3. The molecule has 19 heavy (non-hydrogen) atoms. The van der Waals surface area contributed by atoms with Crippen LogP contribution in [0.15, 0.2) is 30.9 Å². The zero-order chi connectivity index (χ0) is 13.4. The van der Waals surface area contributed by atoms with Crippen LogP contribution in [0.4, 0.5) is 4.39 Å². The number of benzene rings is 1. The van der Waals surface area contributed by atoms with Crippen molar-refractivity contribution in [1.29, 1.82) is 0 Å².